The Kier molecular flexibility index (Phi) is 7.58. The van der Waals surface area contributed by atoms with Crippen molar-refractivity contribution in [1.29, 1.82) is 0 Å². The zero-order valence-corrected chi connectivity index (χ0v) is 25.1. The molecule has 4 rings (SSSR count). The molecule has 0 saturated heterocycles. The molecule has 4 fully saturated rings. The molecule has 1 unspecified atom stereocenters. The van der Waals surface area contributed by atoms with E-state index >= 15 is 0 Å². The molecular formula is C33H50O6. The number of ketones is 1. The van der Waals surface area contributed by atoms with Gasteiger partial charge in [-0.3, -0.25) is 14.4 Å². The zero-order valence-electron chi connectivity index (χ0n) is 25.1. The van der Waals surface area contributed by atoms with Crippen molar-refractivity contribution >= 4 is 17.7 Å². The average Bonchev–Trinajstić information content (AvgIpc) is 3.45. The Balaban J connectivity index is 1.75. The number of aliphatic carboxylic acids is 1. The Bertz CT molecular complexity index is 1060. The monoisotopic (exact) mass is 542 g/mol. The molecular weight excluding hydrogens is 492 g/mol. The van der Waals surface area contributed by atoms with E-state index in [9.17, 15) is 24.6 Å². The van der Waals surface area contributed by atoms with Gasteiger partial charge in [-0.05, 0) is 95.3 Å². The van der Waals surface area contributed by atoms with E-state index in [2.05, 4.69) is 40.0 Å². The average molecular weight is 543 g/mol. The second kappa shape index (κ2) is 9.85. The summed E-state index contributed by atoms with van der Waals surface area (Å²) in [6.07, 6.45) is 5.95. The van der Waals surface area contributed by atoms with Crippen LogP contribution < -0.4 is 0 Å². The van der Waals surface area contributed by atoms with Crippen LogP contribution in [0.4, 0.5) is 0 Å². The van der Waals surface area contributed by atoms with Crippen LogP contribution in [0.25, 0.3) is 0 Å². The molecule has 0 aliphatic heterocycles. The lowest BCUT2D eigenvalue weighted by Gasteiger charge is -2.61. The third-order valence-electron chi connectivity index (χ3n) is 12.7. The summed E-state index contributed by atoms with van der Waals surface area (Å²) >= 11 is 0. The zero-order chi connectivity index (χ0) is 29.3. The molecule has 0 aromatic heterocycles. The summed E-state index contributed by atoms with van der Waals surface area (Å²) in [6.45, 7) is 22.2. The smallest absolute Gasteiger partial charge is 0.303 e. The van der Waals surface area contributed by atoms with Gasteiger partial charge in [-0.25, -0.2) is 0 Å². The van der Waals surface area contributed by atoms with Gasteiger partial charge in [-0.1, -0.05) is 54.2 Å². The highest BCUT2D eigenvalue weighted by atomic mass is 16.5. The minimum absolute atomic E-state index is 0.0507. The van der Waals surface area contributed by atoms with Gasteiger partial charge in [0.15, 0.2) is 5.78 Å². The maximum absolute atomic E-state index is 13.2. The first-order valence-corrected chi connectivity index (χ1v) is 15.0. The Labute approximate surface area is 234 Å². The van der Waals surface area contributed by atoms with Crippen LogP contribution in [0.2, 0.25) is 0 Å². The van der Waals surface area contributed by atoms with Crippen molar-refractivity contribution in [2.45, 2.75) is 106 Å². The Morgan fingerprint density at radius 3 is 2.31 bits per heavy atom. The number of carboxylic acids is 1. The molecule has 39 heavy (non-hydrogen) atoms. The normalized spacial score (nSPS) is 43.9. The Morgan fingerprint density at radius 1 is 1.13 bits per heavy atom. The van der Waals surface area contributed by atoms with E-state index in [0.29, 0.717) is 36.2 Å². The maximum atomic E-state index is 13.2. The molecule has 4 aliphatic rings. The third kappa shape index (κ3) is 4.18. The predicted octanol–water partition coefficient (Wildman–Crippen LogP) is 6.22. The second-order valence-electron chi connectivity index (χ2n) is 14.5. The van der Waals surface area contributed by atoms with Gasteiger partial charge in [0.25, 0.3) is 0 Å². The molecule has 218 valence electrons. The van der Waals surface area contributed by atoms with E-state index < -0.39 is 24.1 Å². The van der Waals surface area contributed by atoms with Gasteiger partial charge in [-0.2, -0.15) is 0 Å². The van der Waals surface area contributed by atoms with Gasteiger partial charge in [0.1, 0.15) is 12.2 Å². The summed E-state index contributed by atoms with van der Waals surface area (Å²) in [4.78, 5) is 37.2. The van der Waals surface area contributed by atoms with Crippen molar-refractivity contribution in [3.05, 3.63) is 24.8 Å². The first-order chi connectivity index (χ1) is 18.0. The van der Waals surface area contributed by atoms with E-state index in [1.807, 2.05) is 20.8 Å². The molecule has 2 N–H and O–H groups in total. The van der Waals surface area contributed by atoms with E-state index in [1.54, 1.807) is 0 Å². The van der Waals surface area contributed by atoms with Crippen LogP contribution in [0.15, 0.2) is 24.8 Å². The van der Waals surface area contributed by atoms with Crippen molar-refractivity contribution < 1.29 is 29.3 Å². The summed E-state index contributed by atoms with van der Waals surface area (Å²) in [6, 6.07) is 0. The molecule has 6 heteroatoms. The number of ether oxygens (including phenoxy) is 1. The van der Waals surface area contributed by atoms with Crippen molar-refractivity contribution in [2.75, 3.05) is 0 Å². The highest BCUT2D eigenvalue weighted by molar-refractivity contribution is 5.98. The highest BCUT2D eigenvalue weighted by Crippen LogP contribution is 2.87. The number of rotatable bonds is 10. The summed E-state index contributed by atoms with van der Waals surface area (Å²) in [5, 5.41) is 20.9. The summed E-state index contributed by atoms with van der Waals surface area (Å²) in [5.41, 5.74) is -0.0190. The molecule has 6 nitrogen and oxygen atoms in total. The van der Waals surface area contributed by atoms with Crippen molar-refractivity contribution in [1.82, 2.24) is 0 Å². The number of carbonyl (C=O) groups is 3. The molecule has 0 aromatic carbocycles. The molecule has 4 aliphatic carbocycles. The van der Waals surface area contributed by atoms with Gasteiger partial charge < -0.3 is 14.9 Å². The molecule has 0 bridgehead atoms. The van der Waals surface area contributed by atoms with Gasteiger partial charge in [0, 0.05) is 19.3 Å². The lowest BCUT2D eigenvalue weighted by Crippen LogP contribution is -2.56. The summed E-state index contributed by atoms with van der Waals surface area (Å²) < 4.78 is 6.03. The minimum atomic E-state index is -1.20. The maximum Gasteiger partial charge on any atom is 0.303 e. The van der Waals surface area contributed by atoms with E-state index in [4.69, 9.17) is 4.74 Å². The van der Waals surface area contributed by atoms with Crippen molar-refractivity contribution in [3.63, 3.8) is 0 Å². The van der Waals surface area contributed by atoms with Gasteiger partial charge in [0.05, 0.1) is 0 Å². The van der Waals surface area contributed by atoms with Crippen molar-refractivity contribution in [2.24, 2.45) is 57.2 Å². The number of aliphatic hydroxyl groups excluding tert-OH is 1. The van der Waals surface area contributed by atoms with Crippen LogP contribution in [-0.2, 0) is 19.1 Å². The quantitative estimate of drug-likeness (QED) is 0.193. The molecule has 0 radical (unpaired) electrons. The van der Waals surface area contributed by atoms with E-state index in [1.165, 1.54) is 6.92 Å². The second-order valence-corrected chi connectivity index (χ2v) is 14.5. The van der Waals surface area contributed by atoms with Gasteiger partial charge in [-0.15, -0.1) is 6.58 Å². The van der Waals surface area contributed by atoms with Crippen LogP contribution in [0.3, 0.4) is 0 Å². The van der Waals surface area contributed by atoms with Gasteiger partial charge in [0.2, 0.25) is 0 Å². The lowest BCUT2D eigenvalue weighted by atomic mass is 9.43. The number of allylic oxidation sites excluding steroid dienone is 1. The van der Waals surface area contributed by atoms with E-state index in [0.717, 1.165) is 25.7 Å². The van der Waals surface area contributed by atoms with Crippen LogP contribution in [0, 0.1) is 57.2 Å². The predicted molar refractivity (Wildman–Crippen MR) is 151 cm³/mol. The minimum Gasteiger partial charge on any atom is -0.481 e. The van der Waals surface area contributed by atoms with Crippen LogP contribution in [-0.4, -0.2) is 40.1 Å². The molecule has 11 atom stereocenters. The standard InChI is InChI=1S/C33H50O6/c1-10-23-19(4)15-25-31(9)16-24(39-22(7)34)27(21(6)29(38)28(37)20(5)18(2)3)30(31,8)13-14-33(25)17-32(23,33)12-11-26(35)36/h10,18-19,21,23-25,27,29,38H,1,5,11-17H2,2-4,6-9H3,(H,35,36)/t19-,21+,23-,24+,25?,27+,29-,30-,31+,32-,33+/m1/s1. The molecule has 1 spiro atoms. The van der Waals surface area contributed by atoms with Crippen LogP contribution in [0.5, 0.6) is 0 Å². The first kappa shape index (κ1) is 30.0. The SMILES string of the molecule is C=C[C@@H]1[C@H](C)CC2[C@]3(CC[C@]4(C)[C@@H]([C@H](C)[C@@H](O)C(=O)C(=C)C(C)C)[C@@H](OC(C)=O)C[C@@]24C)C[C@]13CCC(=O)O. The lowest BCUT2D eigenvalue weighted by molar-refractivity contribution is -0.155. The fourth-order valence-corrected chi connectivity index (χ4v) is 10.6. The number of hydrogen-bond donors (Lipinski definition) is 2. The number of Topliss-reactive ketones (excluding diaryl/α,β-unsaturated/α-hetero) is 1. The number of carbonyl (C=O) groups excluding carboxylic acids is 2. The topological polar surface area (TPSA) is 101 Å². The van der Waals surface area contributed by atoms with E-state index in [-0.39, 0.29) is 51.7 Å². The number of esters is 1. The summed E-state index contributed by atoms with van der Waals surface area (Å²) in [5.74, 6) is -1.03. The molecule has 0 amide bonds. The first-order valence-electron chi connectivity index (χ1n) is 15.0. The highest BCUT2D eigenvalue weighted by Gasteiger charge is 2.81. The Morgan fingerprint density at radius 2 is 1.77 bits per heavy atom. The van der Waals surface area contributed by atoms with Crippen LogP contribution in [0.1, 0.15) is 93.4 Å². The number of fused-ring (bicyclic) bond motifs is 2. The summed E-state index contributed by atoms with van der Waals surface area (Å²) in [7, 11) is 0. The molecule has 0 aromatic rings. The fourth-order valence-electron chi connectivity index (χ4n) is 10.6. The number of aliphatic hydroxyl groups is 1. The fraction of sp³-hybridized carbons (Fsp3) is 0.788. The molecule has 0 heterocycles. The largest absolute Gasteiger partial charge is 0.481 e. The Hall–Kier alpha value is -1.95. The molecule has 4 saturated carbocycles. The third-order valence-corrected chi connectivity index (χ3v) is 12.7. The van der Waals surface area contributed by atoms with Crippen LogP contribution >= 0.6 is 0 Å². The number of carboxylic acid groups (broad SMARTS) is 1. The number of hydrogen-bond acceptors (Lipinski definition) is 5. The van der Waals surface area contributed by atoms with Crippen molar-refractivity contribution in [3.8, 4) is 0 Å². The van der Waals surface area contributed by atoms with Gasteiger partial charge >= 0.3 is 11.9 Å².